The number of nitrogens with one attached hydrogen (secondary N) is 1. The van der Waals surface area contributed by atoms with Crippen LogP contribution in [0.1, 0.15) is 25.3 Å². The maximum atomic E-state index is 13.2. The monoisotopic (exact) mass is 460 g/mol. The number of amides is 1. The average Bonchev–Trinajstić information content (AvgIpc) is 3.27. The van der Waals surface area contributed by atoms with E-state index in [1.165, 1.54) is 4.31 Å². The summed E-state index contributed by atoms with van der Waals surface area (Å²) in [4.78, 5) is 13.0. The predicted octanol–water partition coefficient (Wildman–Crippen LogP) is 2.81. The van der Waals surface area contributed by atoms with Crippen LogP contribution >= 0.6 is 11.7 Å². The Balaban J connectivity index is 1.40. The number of rotatable bonds is 6. The number of piperidine rings is 1. The number of ether oxygens (including phenoxy) is 1. The minimum absolute atomic E-state index is 0.0637. The van der Waals surface area contributed by atoms with Gasteiger partial charge in [-0.15, -0.1) is 0 Å². The van der Waals surface area contributed by atoms with E-state index in [0.717, 1.165) is 23.0 Å². The molecule has 2 heterocycles. The van der Waals surface area contributed by atoms with E-state index in [0.29, 0.717) is 30.4 Å². The van der Waals surface area contributed by atoms with Crippen molar-refractivity contribution in [3.63, 3.8) is 0 Å². The van der Waals surface area contributed by atoms with Crippen LogP contribution in [0.3, 0.4) is 0 Å². The fourth-order valence-corrected chi connectivity index (χ4v) is 5.91. The van der Waals surface area contributed by atoms with Gasteiger partial charge in [-0.1, -0.05) is 25.1 Å². The zero-order chi connectivity index (χ0) is 22.1. The molecule has 0 unspecified atom stereocenters. The number of sulfonamides is 1. The van der Waals surface area contributed by atoms with E-state index >= 15 is 0 Å². The summed E-state index contributed by atoms with van der Waals surface area (Å²) in [6, 6.07) is 12.5. The van der Waals surface area contributed by atoms with Crippen LogP contribution in [-0.4, -0.2) is 47.6 Å². The minimum Gasteiger partial charge on any atom is -0.497 e. The minimum atomic E-state index is -3.70. The van der Waals surface area contributed by atoms with Crippen molar-refractivity contribution in [2.24, 2.45) is 5.41 Å². The molecule has 1 N–H and O–H groups in total. The Morgan fingerprint density at radius 1 is 1.16 bits per heavy atom. The lowest BCUT2D eigenvalue weighted by Crippen LogP contribution is -2.48. The number of carbonyl (C=O) groups is 1. The zero-order valence-corrected chi connectivity index (χ0v) is 19.0. The third kappa shape index (κ3) is 4.28. The molecule has 0 aliphatic carbocycles. The topological polar surface area (TPSA) is 101 Å². The second-order valence-electron chi connectivity index (χ2n) is 7.88. The highest BCUT2D eigenvalue weighted by Gasteiger charge is 2.40. The van der Waals surface area contributed by atoms with E-state index in [2.05, 4.69) is 14.1 Å². The molecule has 31 heavy (non-hydrogen) atoms. The first-order valence-corrected chi connectivity index (χ1v) is 12.1. The van der Waals surface area contributed by atoms with Gasteiger partial charge in [0, 0.05) is 25.0 Å². The maximum absolute atomic E-state index is 13.2. The molecule has 0 saturated carbocycles. The van der Waals surface area contributed by atoms with Crippen LogP contribution in [-0.2, 0) is 21.4 Å². The number of methoxy groups -OCH3 is 1. The summed E-state index contributed by atoms with van der Waals surface area (Å²) in [5, 5.41) is 2.99. The lowest BCUT2D eigenvalue weighted by Gasteiger charge is -2.37. The molecule has 1 aliphatic heterocycles. The molecule has 4 rings (SSSR count). The van der Waals surface area contributed by atoms with Gasteiger partial charge in [0.25, 0.3) is 0 Å². The molecule has 0 spiro atoms. The summed E-state index contributed by atoms with van der Waals surface area (Å²) in [5.74, 6) is 0.700. The number of hydrogen-bond donors (Lipinski definition) is 1. The van der Waals surface area contributed by atoms with Gasteiger partial charge in [0.05, 0.1) is 18.8 Å². The van der Waals surface area contributed by atoms with Gasteiger partial charge in [-0.05, 0) is 42.7 Å². The molecular weight excluding hydrogens is 436 g/mol. The normalized spacial score (nSPS) is 16.8. The van der Waals surface area contributed by atoms with Crippen molar-refractivity contribution in [3.8, 4) is 5.75 Å². The smallest absolute Gasteiger partial charge is 0.245 e. The summed E-state index contributed by atoms with van der Waals surface area (Å²) in [6.07, 6.45) is 0.901. The summed E-state index contributed by atoms with van der Waals surface area (Å²) >= 11 is 0.996. The number of hydrogen-bond acceptors (Lipinski definition) is 7. The van der Waals surface area contributed by atoms with Crippen molar-refractivity contribution in [1.29, 1.82) is 0 Å². The molecule has 3 aromatic rings. The molecule has 10 heteroatoms. The van der Waals surface area contributed by atoms with Gasteiger partial charge in [0.15, 0.2) is 0 Å². The standard InChI is InChI=1S/C21H24N4O4S2/c1-21(20(26)22-14-15-6-8-16(29-2)9-7-15)10-12-25(13-11-21)31(27,28)18-5-3-4-17-19(18)24-30-23-17/h3-9H,10-14H2,1-2H3,(H,22,26). The second kappa shape index (κ2) is 8.52. The molecule has 8 nitrogen and oxygen atoms in total. The fraction of sp³-hybridized carbons (Fsp3) is 0.381. The quantitative estimate of drug-likeness (QED) is 0.607. The van der Waals surface area contributed by atoms with Crippen molar-refractivity contribution < 1.29 is 17.9 Å². The summed E-state index contributed by atoms with van der Waals surface area (Å²) in [5.41, 5.74) is 1.33. The van der Waals surface area contributed by atoms with E-state index < -0.39 is 15.4 Å². The Morgan fingerprint density at radius 3 is 2.55 bits per heavy atom. The van der Waals surface area contributed by atoms with Crippen LogP contribution in [0.4, 0.5) is 0 Å². The van der Waals surface area contributed by atoms with Crippen LogP contribution in [0.15, 0.2) is 47.4 Å². The molecule has 1 amide bonds. The van der Waals surface area contributed by atoms with Gasteiger partial charge in [-0.2, -0.15) is 13.1 Å². The first-order valence-electron chi connectivity index (χ1n) is 9.96. The van der Waals surface area contributed by atoms with Gasteiger partial charge < -0.3 is 10.1 Å². The molecule has 1 aromatic heterocycles. The lowest BCUT2D eigenvalue weighted by atomic mass is 9.80. The van der Waals surface area contributed by atoms with Crippen LogP contribution in [0, 0.1) is 5.41 Å². The van der Waals surface area contributed by atoms with E-state index in [1.54, 1.807) is 25.3 Å². The molecule has 164 valence electrons. The molecule has 0 radical (unpaired) electrons. The second-order valence-corrected chi connectivity index (χ2v) is 10.3. The highest BCUT2D eigenvalue weighted by atomic mass is 32.2. The fourth-order valence-electron chi connectivity index (χ4n) is 3.71. The van der Waals surface area contributed by atoms with Gasteiger partial charge in [0.2, 0.25) is 15.9 Å². The Morgan fingerprint density at radius 2 is 1.87 bits per heavy atom. The maximum Gasteiger partial charge on any atom is 0.245 e. The number of nitrogens with zero attached hydrogens (tertiary/aromatic N) is 3. The third-order valence-electron chi connectivity index (χ3n) is 5.85. The molecule has 0 atom stereocenters. The molecule has 2 aromatic carbocycles. The van der Waals surface area contributed by atoms with Crippen LogP contribution in [0.2, 0.25) is 0 Å². The summed E-state index contributed by atoms with van der Waals surface area (Å²) in [7, 11) is -2.09. The Bertz CT molecular complexity index is 1180. The largest absolute Gasteiger partial charge is 0.497 e. The molecular formula is C21H24N4O4S2. The van der Waals surface area contributed by atoms with Gasteiger partial charge >= 0.3 is 0 Å². The van der Waals surface area contributed by atoms with Crippen molar-refractivity contribution in [1.82, 2.24) is 18.4 Å². The van der Waals surface area contributed by atoms with Gasteiger partial charge in [-0.25, -0.2) is 8.42 Å². The Kier molecular flexibility index (Phi) is 5.96. The number of fused-ring (bicyclic) bond motifs is 1. The number of benzene rings is 2. The average molecular weight is 461 g/mol. The summed E-state index contributed by atoms with van der Waals surface area (Å²) in [6.45, 7) is 2.87. The number of carbonyl (C=O) groups excluding carboxylic acids is 1. The molecule has 1 saturated heterocycles. The Labute approximate surface area is 185 Å². The van der Waals surface area contributed by atoms with Crippen molar-refractivity contribution in [3.05, 3.63) is 48.0 Å². The molecule has 1 fully saturated rings. The molecule has 1 aliphatic rings. The lowest BCUT2D eigenvalue weighted by molar-refractivity contribution is -0.132. The first kappa shape index (κ1) is 21.7. The highest BCUT2D eigenvalue weighted by Crippen LogP contribution is 2.34. The van der Waals surface area contributed by atoms with Crippen molar-refractivity contribution >= 4 is 38.7 Å². The SMILES string of the molecule is COc1ccc(CNC(=O)C2(C)CCN(S(=O)(=O)c3cccc4nsnc34)CC2)cc1. The predicted molar refractivity (Wildman–Crippen MR) is 118 cm³/mol. The van der Waals surface area contributed by atoms with E-state index in [1.807, 2.05) is 31.2 Å². The van der Waals surface area contributed by atoms with Crippen molar-refractivity contribution in [2.75, 3.05) is 20.2 Å². The van der Waals surface area contributed by atoms with E-state index in [4.69, 9.17) is 4.74 Å². The first-order chi connectivity index (χ1) is 14.8. The van der Waals surface area contributed by atoms with Crippen LogP contribution in [0.5, 0.6) is 5.75 Å². The Hall–Kier alpha value is -2.56. The van der Waals surface area contributed by atoms with E-state index in [-0.39, 0.29) is 23.9 Å². The van der Waals surface area contributed by atoms with Crippen LogP contribution < -0.4 is 10.1 Å². The third-order valence-corrected chi connectivity index (χ3v) is 8.33. The van der Waals surface area contributed by atoms with Crippen LogP contribution in [0.25, 0.3) is 11.0 Å². The summed E-state index contributed by atoms with van der Waals surface area (Å²) < 4.78 is 41.3. The van der Waals surface area contributed by atoms with Gasteiger partial charge in [-0.3, -0.25) is 4.79 Å². The number of aromatic nitrogens is 2. The molecule has 0 bridgehead atoms. The van der Waals surface area contributed by atoms with Crippen molar-refractivity contribution in [2.45, 2.75) is 31.2 Å². The highest BCUT2D eigenvalue weighted by molar-refractivity contribution is 7.89. The van der Waals surface area contributed by atoms with Gasteiger partial charge in [0.1, 0.15) is 21.7 Å². The zero-order valence-electron chi connectivity index (χ0n) is 17.4. The van der Waals surface area contributed by atoms with E-state index in [9.17, 15) is 13.2 Å².